The maximum absolute atomic E-state index is 12.3. The molecule has 0 radical (unpaired) electrons. The van der Waals surface area contributed by atoms with Gasteiger partial charge in [-0.2, -0.15) is 0 Å². The fourth-order valence-corrected chi connectivity index (χ4v) is 8.41. The summed E-state index contributed by atoms with van der Waals surface area (Å²) in [5.74, 6) is 1.73. The Morgan fingerprint density at radius 3 is 2.50 bits per heavy atom. The molecular weight excluding hydrogens is 352 g/mol. The lowest BCUT2D eigenvalue weighted by Gasteiger charge is -2.59. The smallest absolute Gasteiger partial charge is 0.195 e. The van der Waals surface area contributed by atoms with Gasteiger partial charge in [0.25, 0.3) is 0 Å². The van der Waals surface area contributed by atoms with E-state index in [4.69, 9.17) is 9.47 Å². The molecule has 6 rings (SSSR count). The van der Waals surface area contributed by atoms with Crippen molar-refractivity contribution in [2.45, 2.75) is 64.3 Å². The SMILES string of the molecule is CC1([C@@]2(O)CC[C@H]3[C@@H]4C=CC5=CC(=O)[C@@H]6C[C@@H]6[C@]5(C)[C@H]4CC[C@@]32C)OCCO1. The van der Waals surface area contributed by atoms with Gasteiger partial charge in [-0.25, -0.2) is 0 Å². The summed E-state index contributed by atoms with van der Waals surface area (Å²) < 4.78 is 12.0. The van der Waals surface area contributed by atoms with Crippen LogP contribution >= 0.6 is 0 Å². The van der Waals surface area contributed by atoms with E-state index in [2.05, 4.69) is 26.0 Å². The van der Waals surface area contributed by atoms with Crippen LogP contribution in [0.15, 0.2) is 23.8 Å². The molecule has 4 heteroatoms. The Morgan fingerprint density at radius 2 is 1.75 bits per heavy atom. The number of fused-ring (bicyclic) bond motifs is 7. The van der Waals surface area contributed by atoms with Crippen LogP contribution in [0.2, 0.25) is 0 Å². The zero-order valence-corrected chi connectivity index (χ0v) is 17.2. The van der Waals surface area contributed by atoms with Gasteiger partial charge in [0.1, 0.15) is 5.60 Å². The van der Waals surface area contributed by atoms with E-state index >= 15 is 0 Å². The summed E-state index contributed by atoms with van der Waals surface area (Å²) >= 11 is 0. The van der Waals surface area contributed by atoms with Gasteiger partial charge in [-0.15, -0.1) is 0 Å². The minimum Gasteiger partial charge on any atom is -0.384 e. The molecule has 0 aromatic carbocycles. The molecule has 1 saturated heterocycles. The standard InChI is InChI=1S/C24H32O4/c1-21-8-6-18-15(5-4-14-12-20(25)16-13-19(16)22(14,18)2)17(21)7-9-24(21,26)23(3)27-10-11-28-23/h4-5,12,15-19,26H,6-11,13H2,1-3H3/t15-,16+,17-,18-,19-,21-,22-,24+/m0/s1. The summed E-state index contributed by atoms with van der Waals surface area (Å²) in [4.78, 5) is 12.3. The van der Waals surface area contributed by atoms with Gasteiger partial charge in [0.05, 0.1) is 13.2 Å². The molecule has 8 atom stereocenters. The number of hydrogen-bond donors (Lipinski definition) is 1. The second-order valence-corrected chi connectivity index (χ2v) is 10.9. The summed E-state index contributed by atoms with van der Waals surface area (Å²) in [6.45, 7) is 7.78. The maximum atomic E-state index is 12.3. The third kappa shape index (κ3) is 1.82. The number of carbonyl (C=O) groups is 1. The Hall–Kier alpha value is -0.970. The quantitative estimate of drug-likeness (QED) is 0.750. The summed E-state index contributed by atoms with van der Waals surface area (Å²) in [7, 11) is 0. The largest absolute Gasteiger partial charge is 0.384 e. The highest BCUT2D eigenvalue weighted by Crippen LogP contribution is 2.72. The van der Waals surface area contributed by atoms with E-state index in [0.29, 0.717) is 42.7 Å². The maximum Gasteiger partial charge on any atom is 0.195 e. The van der Waals surface area contributed by atoms with Gasteiger partial charge in [-0.1, -0.05) is 26.0 Å². The lowest BCUT2D eigenvalue weighted by molar-refractivity contribution is -0.298. The topological polar surface area (TPSA) is 55.8 Å². The van der Waals surface area contributed by atoms with Crippen molar-refractivity contribution >= 4 is 5.78 Å². The van der Waals surface area contributed by atoms with E-state index in [1.807, 2.05) is 13.0 Å². The van der Waals surface area contributed by atoms with E-state index < -0.39 is 11.4 Å². The van der Waals surface area contributed by atoms with E-state index in [1.165, 1.54) is 5.57 Å². The highest BCUT2D eigenvalue weighted by Gasteiger charge is 2.71. The van der Waals surface area contributed by atoms with Crippen LogP contribution in [0.5, 0.6) is 0 Å². The molecule has 0 spiro atoms. The van der Waals surface area contributed by atoms with Gasteiger partial charge in [0.2, 0.25) is 0 Å². The van der Waals surface area contributed by atoms with Gasteiger partial charge in [-0.3, -0.25) is 4.79 Å². The molecule has 0 aromatic rings. The molecule has 0 amide bonds. The Labute approximate surface area is 167 Å². The Morgan fingerprint density at radius 1 is 1.04 bits per heavy atom. The highest BCUT2D eigenvalue weighted by atomic mass is 16.7. The first-order valence-electron chi connectivity index (χ1n) is 11.2. The van der Waals surface area contributed by atoms with Crippen LogP contribution in [0.4, 0.5) is 0 Å². The van der Waals surface area contributed by atoms with E-state index in [1.54, 1.807) is 0 Å². The zero-order chi connectivity index (χ0) is 19.5. The monoisotopic (exact) mass is 384 g/mol. The van der Waals surface area contributed by atoms with Gasteiger partial charge < -0.3 is 14.6 Å². The molecule has 28 heavy (non-hydrogen) atoms. The molecule has 6 aliphatic rings. The lowest BCUT2D eigenvalue weighted by Crippen LogP contribution is -2.63. The predicted molar refractivity (Wildman–Crippen MR) is 104 cm³/mol. The Kier molecular flexibility index (Phi) is 3.31. The highest BCUT2D eigenvalue weighted by molar-refractivity contribution is 5.97. The second-order valence-electron chi connectivity index (χ2n) is 10.9. The van der Waals surface area contributed by atoms with Crippen molar-refractivity contribution < 1.29 is 19.4 Å². The fourth-order valence-electron chi connectivity index (χ4n) is 8.41. The van der Waals surface area contributed by atoms with Gasteiger partial charge in [0, 0.05) is 11.3 Å². The summed E-state index contributed by atoms with van der Waals surface area (Å²) in [6, 6.07) is 0. The average Bonchev–Trinajstić information content (AvgIpc) is 3.29. The molecule has 0 bridgehead atoms. The minimum atomic E-state index is -0.943. The lowest BCUT2D eigenvalue weighted by atomic mass is 9.47. The molecule has 5 aliphatic carbocycles. The van der Waals surface area contributed by atoms with Crippen LogP contribution in [-0.4, -0.2) is 35.5 Å². The van der Waals surface area contributed by atoms with E-state index in [0.717, 1.165) is 32.1 Å². The van der Waals surface area contributed by atoms with Crippen molar-refractivity contribution in [2.24, 2.45) is 40.4 Å². The fraction of sp³-hybridized carbons (Fsp3) is 0.792. The van der Waals surface area contributed by atoms with Crippen molar-refractivity contribution in [1.82, 2.24) is 0 Å². The summed E-state index contributed by atoms with van der Waals surface area (Å²) in [5, 5.41) is 12.0. The molecule has 0 aromatic heterocycles. The molecular formula is C24H32O4. The normalized spacial score (nSPS) is 55.8. The third-order valence-corrected chi connectivity index (χ3v) is 10.2. The van der Waals surface area contributed by atoms with Crippen LogP contribution in [-0.2, 0) is 14.3 Å². The molecule has 0 unspecified atom stereocenters. The van der Waals surface area contributed by atoms with Crippen LogP contribution in [0, 0.1) is 40.4 Å². The molecule has 1 N–H and O–H groups in total. The number of carbonyl (C=O) groups excluding carboxylic acids is 1. The number of allylic oxidation sites excluding steroid dienone is 4. The van der Waals surface area contributed by atoms with Gasteiger partial charge in [-0.05, 0) is 79.8 Å². The molecule has 4 fully saturated rings. The van der Waals surface area contributed by atoms with E-state index in [9.17, 15) is 9.90 Å². The first-order chi connectivity index (χ1) is 13.2. The van der Waals surface area contributed by atoms with Crippen LogP contribution in [0.25, 0.3) is 0 Å². The number of rotatable bonds is 1. The van der Waals surface area contributed by atoms with Crippen LogP contribution in [0.1, 0.15) is 52.9 Å². The average molecular weight is 385 g/mol. The zero-order valence-electron chi connectivity index (χ0n) is 17.2. The molecule has 3 saturated carbocycles. The Bertz CT molecular complexity index is 807. The van der Waals surface area contributed by atoms with Crippen LogP contribution < -0.4 is 0 Å². The Balaban J connectivity index is 1.40. The van der Waals surface area contributed by atoms with Crippen molar-refractivity contribution in [2.75, 3.05) is 13.2 Å². The molecule has 1 aliphatic heterocycles. The predicted octanol–water partition coefficient (Wildman–Crippen LogP) is 3.64. The molecule has 1 heterocycles. The summed E-state index contributed by atoms with van der Waals surface area (Å²) in [5.41, 5.74) is 0.248. The first-order valence-corrected chi connectivity index (χ1v) is 11.2. The van der Waals surface area contributed by atoms with E-state index in [-0.39, 0.29) is 16.7 Å². The van der Waals surface area contributed by atoms with Gasteiger partial charge >= 0.3 is 0 Å². The van der Waals surface area contributed by atoms with Crippen molar-refractivity contribution in [3.8, 4) is 0 Å². The molecule has 4 nitrogen and oxygen atoms in total. The third-order valence-electron chi connectivity index (χ3n) is 10.2. The van der Waals surface area contributed by atoms with Crippen LogP contribution in [0.3, 0.4) is 0 Å². The second kappa shape index (κ2) is 5.19. The molecule has 152 valence electrons. The number of ether oxygens (including phenoxy) is 2. The first kappa shape index (κ1) is 17.9. The van der Waals surface area contributed by atoms with Crippen molar-refractivity contribution in [3.63, 3.8) is 0 Å². The number of aliphatic hydroxyl groups is 1. The van der Waals surface area contributed by atoms with Gasteiger partial charge in [0.15, 0.2) is 11.6 Å². The van der Waals surface area contributed by atoms with Crippen molar-refractivity contribution in [3.05, 3.63) is 23.8 Å². The number of ketones is 1. The van der Waals surface area contributed by atoms with Crippen molar-refractivity contribution in [1.29, 1.82) is 0 Å². The summed E-state index contributed by atoms with van der Waals surface area (Å²) in [6.07, 6.45) is 11.5. The minimum absolute atomic E-state index is 0.129. The number of hydrogen-bond acceptors (Lipinski definition) is 4.